The molecule has 3 N–H and O–H groups in total. The van der Waals surface area contributed by atoms with Crippen molar-refractivity contribution < 1.29 is 14.6 Å². The standard InChI is InChI=1S/C8H9NO3/c1-5(10)12-8-4-6(9)2-3-7(8)11/h2-4,11H,9H2,1H3. The number of nitrogens with two attached hydrogens (primary N) is 1. The van der Waals surface area contributed by atoms with Crippen LogP contribution in [0.25, 0.3) is 0 Å². The fraction of sp³-hybridized carbons (Fsp3) is 0.125. The molecule has 1 aromatic rings. The Morgan fingerprint density at radius 3 is 2.83 bits per heavy atom. The second-order valence-electron chi connectivity index (χ2n) is 2.32. The number of carbonyl (C=O) groups is 1. The van der Waals surface area contributed by atoms with Crippen molar-refractivity contribution >= 4 is 11.7 Å². The van der Waals surface area contributed by atoms with Gasteiger partial charge in [0.25, 0.3) is 0 Å². The summed E-state index contributed by atoms with van der Waals surface area (Å²) in [5.41, 5.74) is 5.84. The average Bonchev–Trinajstić information content (AvgIpc) is 1.96. The van der Waals surface area contributed by atoms with Crippen molar-refractivity contribution in [3.63, 3.8) is 0 Å². The van der Waals surface area contributed by atoms with E-state index in [1.165, 1.54) is 25.1 Å². The summed E-state index contributed by atoms with van der Waals surface area (Å²) in [6, 6.07) is 4.27. The molecule has 4 heteroatoms. The first-order chi connectivity index (χ1) is 5.59. The molecule has 1 aromatic carbocycles. The first-order valence-electron chi connectivity index (χ1n) is 3.36. The molecule has 0 saturated heterocycles. The van der Waals surface area contributed by atoms with E-state index < -0.39 is 5.97 Å². The van der Waals surface area contributed by atoms with Crippen molar-refractivity contribution in [1.29, 1.82) is 0 Å². The molecule has 0 atom stereocenters. The van der Waals surface area contributed by atoms with Crippen molar-refractivity contribution in [3.8, 4) is 11.5 Å². The lowest BCUT2D eigenvalue weighted by Gasteiger charge is -2.03. The van der Waals surface area contributed by atoms with E-state index in [9.17, 15) is 4.79 Å². The molecule has 0 aliphatic carbocycles. The Kier molecular flexibility index (Phi) is 2.19. The molecule has 0 unspecified atom stereocenters. The molecule has 0 aliphatic heterocycles. The van der Waals surface area contributed by atoms with E-state index in [1.807, 2.05) is 0 Å². The number of aromatic hydroxyl groups is 1. The summed E-state index contributed by atoms with van der Waals surface area (Å²) in [4.78, 5) is 10.5. The number of nitrogen functional groups attached to an aromatic ring is 1. The molecule has 0 saturated carbocycles. The molecule has 0 radical (unpaired) electrons. The molecule has 1 rings (SSSR count). The van der Waals surface area contributed by atoms with Gasteiger partial charge in [-0.15, -0.1) is 0 Å². The van der Waals surface area contributed by atoms with Gasteiger partial charge < -0.3 is 15.6 Å². The number of phenolic OH excluding ortho intramolecular Hbond substituents is 1. The normalized spacial score (nSPS) is 9.42. The van der Waals surface area contributed by atoms with Crippen LogP contribution in [0.2, 0.25) is 0 Å². The zero-order valence-corrected chi connectivity index (χ0v) is 6.57. The summed E-state index contributed by atoms with van der Waals surface area (Å²) in [6.07, 6.45) is 0. The average molecular weight is 167 g/mol. The Balaban J connectivity index is 2.97. The Bertz CT molecular complexity index is 309. The summed E-state index contributed by atoms with van der Waals surface area (Å²) < 4.78 is 4.66. The number of esters is 1. The lowest BCUT2D eigenvalue weighted by Crippen LogP contribution is -2.01. The SMILES string of the molecule is CC(=O)Oc1cc(N)ccc1O. The second kappa shape index (κ2) is 3.13. The number of carbonyl (C=O) groups excluding carboxylic acids is 1. The fourth-order valence-corrected chi connectivity index (χ4v) is 0.767. The third-order valence-corrected chi connectivity index (χ3v) is 1.24. The van der Waals surface area contributed by atoms with Gasteiger partial charge in [-0.05, 0) is 12.1 Å². The van der Waals surface area contributed by atoms with Crippen LogP contribution < -0.4 is 10.5 Å². The number of hydrogen-bond donors (Lipinski definition) is 2. The van der Waals surface area contributed by atoms with Crippen LogP contribution in [0.4, 0.5) is 5.69 Å². The van der Waals surface area contributed by atoms with E-state index in [1.54, 1.807) is 0 Å². The predicted octanol–water partition coefficient (Wildman–Crippen LogP) is 0.900. The van der Waals surface area contributed by atoms with Gasteiger partial charge in [0.05, 0.1) is 0 Å². The van der Waals surface area contributed by atoms with E-state index in [0.29, 0.717) is 5.69 Å². The highest BCUT2D eigenvalue weighted by atomic mass is 16.5. The zero-order valence-electron chi connectivity index (χ0n) is 6.57. The topological polar surface area (TPSA) is 72.5 Å². The van der Waals surface area contributed by atoms with Gasteiger partial charge in [0, 0.05) is 18.7 Å². The molecule has 64 valence electrons. The third-order valence-electron chi connectivity index (χ3n) is 1.24. The van der Waals surface area contributed by atoms with Crippen LogP contribution >= 0.6 is 0 Å². The molecule has 0 aromatic heterocycles. The molecule has 0 spiro atoms. The van der Waals surface area contributed by atoms with Gasteiger partial charge in [0.15, 0.2) is 11.5 Å². The first-order valence-corrected chi connectivity index (χ1v) is 3.36. The molecular formula is C8H9NO3. The van der Waals surface area contributed by atoms with Gasteiger partial charge in [-0.2, -0.15) is 0 Å². The molecule has 0 fully saturated rings. The lowest BCUT2D eigenvalue weighted by molar-refractivity contribution is -0.132. The van der Waals surface area contributed by atoms with Crippen molar-refractivity contribution in [1.82, 2.24) is 0 Å². The van der Waals surface area contributed by atoms with Gasteiger partial charge in [0.1, 0.15) is 0 Å². The number of phenols is 1. The number of rotatable bonds is 1. The van der Waals surface area contributed by atoms with E-state index in [4.69, 9.17) is 10.8 Å². The van der Waals surface area contributed by atoms with Crippen molar-refractivity contribution in [3.05, 3.63) is 18.2 Å². The predicted molar refractivity (Wildman–Crippen MR) is 43.8 cm³/mol. The number of benzene rings is 1. The van der Waals surface area contributed by atoms with E-state index >= 15 is 0 Å². The highest BCUT2D eigenvalue weighted by molar-refractivity contribution is 5.71. The molecule has 4 nitrogen and oxygen atoms in total. The van der Waals surface area contributed by atoms with Gasteiger partial charge in [-0.1, -0.05) is 0 Å². The summed E-state index contributed by atoms with van der Waals surface area (Å²) in [5, 5.41) is 9.15. The summed E-state index contributed by atoms with van der Waals surface area (Å²) in [6.45, 7) is 1.25. The quantitative estimate of drug-likeness (QED) is 0.282. The third kappa shape index (κ3) is 1.88. The zero-order chi connectivity index (χ0) is 9.14. The second-order valence-corrected chi connectivity index (χ2v) is 2.32. The van der Waals surface area contributed by atoms with Crippen LogP contribution in [0.1, 0.15) is 6.92 Å². The molecule has 0 bridgehead atoms. The Hall–Kier alpha value is -1.71. The highest BCUT2D eigenvalue weighted by Crippen LogP contribution is 2.27. The summed E-state index contributed by atoms with van der Waals surface area (Å²) >= 11 is 0. The van der Waals surface area contributed by atoms with Gasteiger partial charge in [-0.25, -0.2) is 0 Å². The van der Waals surface area contributed by atoms with E-state index in [2.05, 4.69) is 4.74 Å². The minimum Gasteiger partial charge on any atom is -0.504 e. The minimum absolute atomic E-state index is 0.0856. The maximum atomic E-state index is 10.5. The number of hydrogen-bond acceptors (Lipinski definition) is 4. The van der Waals surface area contributed by atoms with Crippen molar-refractivity contribution in [2.75, 3.05) is 5.73 Å². The maximum absolute atomic E-state index is 10.5. The maximum Gasteiger partial charge on any atom is 0.308 e. The van der Waals surface area contributed by atoms with Crippen LogP contribution in [0.3, 0.4) is 0 Å². The van der Waals surface area contributed by atoms with Gasteiger partial charge in [0.2, 0.25) is 0 Å². The van der Waals surface area contributed by atoms with Crippen LogP contribution in [-0.4, -0.2) is 11.1 Å². The highest BCUT2D eigenvalue weighted by Gasteiger charge is 2.04. The lowest BCUT2D eigenvalue weighted by atomic mass is 10.3. The van der Waals surface area contributed by atoms with Gasteiger partial charge >= 0.3 is 5.97 Å². The Morgan fingerprint density at radius 2 is 2.25 bits per heavy atom. The van der Waals surface area contributed by atoms with Crippen LogP contribution in [0.15, 0.2) is 18.2 Å². The summed E-state index contributed by atoms with van der Waals surface area (Å²) in [7, 11) is 0. The van der Waals surface area contributed by atoms with E-state index in [0.717, 1.165) is 0 Å². The first kappa shape index (κ1) is 8.39. The molecule has 0 amide bonds. The van der Waals surface area contributed by atoms with Crippen molar-refractivity contribution in [2.45, 2.75) is 6.92 Å². The summed E-state index contributed by atoms with van der Waals surface area (Å²) in [5.74, 6) is -0.502. The van der Waals surface area contributed by atoms with Crippen LogP contribution in [0.5, 0.6) is 11.5 Å². The smallest absolute Gasteiger partial charge is 0.308 e. The molecule has 12 heavy (non-hydrogen) atoms. The van der Waals surface area contributed by atoms with Gasteiger partial charge in [-0.3, -0.25) is 4.79 Å². The fourth-order valence-electron chi connectivity index (χ4n) is 0.767. The minimum atomic E-state index is -0.490. The van der Waals surface area contributed by atoms with Crippen LogP contribution in [0, 0.1) is 0 Å². The van der Waals surface area contributed by atoms with Crippen LogP contribution in [-0.2, 0) is 4.79 Å². The number of anilines is 1. The Morgan fingerprint density at radius 1 is 1.58 bits per heavy atom. The van der Waals surface area contributed by atoms with E-state index in [-0.39, 0.29) is 11.5 Å². The molecule has 0 aliphatic rings. The number of ether oxygens (including phenoxy) is 1. The Labute approximate surface area is 69.6 Å². The molecule has 0 heterocycles. The monoisotopic (exact) mass is 167 g/mol. The largest absolute Gasteiger partial charge is 0.504 e. The molecular weight excluding hydrogens is 158 g/mol. The van der Waals surface area contributed by atoms with Crippen molar-refractivity contribution in [2.24, 2.45) is 0 Å².